The van der Waals surface area contributed by atoms with Crippen LogP contribution in [0.25, 0.3) is 11.5 Å². The molecule has 0 bridgehead atoms. The summed E-state index contributed by atoms with van der Waals surface area (Å²) in [5.41, 5.74) is 0.689. The molecule has 0 aliphatic rings. The van der Waals surface area contributed by atoms with Gasteiger partial charge in [-0.2, -0.15) is 0 Å². The molecule has 0 aliphatic heterocycles. The lowest BCUT2D eigenvalue weighted by atomic mass is 10.2. The fraction of sp³-hybridized carbons (Fsp3) is 0.111. The van der Waals surface area contributed by atoms with Crippen molar-refractivity contribution < 1.29 is 9.34 Å². The zero-order chi connectivity index (χ0) is 11.5. The van der Waals surface area contributed by atoms with Crippen LogP contribution in [0.1, 0.15) is 5.89 Å². The van der Waals surface area contributed by atoms with Gasteiger partial charge in [0.15, 0.2) is 0 Å². The first-order chi connectivity index (χ1) is 7.70. The third-order valence-corrected chi connectivity index (χ3v) is 2.39. The van der Waals surface area contributed by atoms with E-state index in [1.807, 2.05) is 0 Å². The van der Waals surface area contributed by atoms with Gasteiger partial charge in [-0.1, -0.05) is 15.9 Å². The first-order valence-electron chi connectivity index (χ1n) is 4.34. The van der Waals surface area contributed by atoms with E-state index in [0.29, 0.717) is 22.7 Å². The zero-order valence-corrected chi connectivity index (χ0v) is 9.55. The van der Waals surface area contributed by atoms with Crippen molar-refractivity contribution in [1.29, 1.82) is 0 Å². The van der Waals surface area contributed by atoms with E-state index in [1.165, 1.54) is 12.1 Å². The number of benzene rings is 1. The highest BCUT2D eigenvalue weighted by Crippen LogP contribution is 2.21. The number of hydrogen-bond acceptors (Lipinski definition) is 5. The minimum absolute atomic E-state index is 0.0315. The van der Waals surface area contributed by atoms with Gasteiger partial charge in [0.2, 0.25) is 11.8 Å². The minimum Gasteiger partial charge on any atom is -0.420 e. The fourth-order valence-electron chi connectivity index (χ4n) is 1.15. The van der Waals surface area contributed by atoms with Crippen LogP contribution < -0.4 is 0 Å². The van der Waals surface area contributed by atoms with E-state index in [9.17, 15) is 10.1 Å². The molecule has 2 aromatic rings. The molecule has 6 nitrogen and oxygen atoms in total. The summed E-state index contributed by atoms with van der Waals surface area (Å²) in [5, 5.41) is 18.5. The van der Waals surface area contributed by atoms with Gasteiger partial charge >= 0.3 is 0 Å². The summed E-state index contributed by atoms with van der Waals surface area (Å²) in [6.45, 7) is 0. The van der Waals surface area contributed by atoms with Crippen molar-refractivity contribution in [2.24, 2.45) is 0 Å². The van der Waals surface area contributed by atoms with E-state index >= 15 is 0 Å². The van der Waals surface area contributed by atoms with E-state index in [0.717, 1.165) is 0 Å². The van der Waals surface area contributed by atoms with Crippen LogP contribution in [0.5, 0.6) is 0 Å². The average molecular weight is 284 g/mol. The lowest BCUT2D eigenvalue weighted by molar-refractivity contribution is -0.384. The second kappa shape index (κ2) is 4.40. The number of non-ortho nitro benzene ring substituents is 1. The quantitative estimate of drug-likeness (QED) is 0.491. The minimum atomic E-state index is -0.457. The van der Waals surface area contributed by atoms with Gasteiger partial charge in [0.1, 0.15) is 0 Å². The predicted molar refractivity (Wildman–Crippen MR) is 59.0 cm³/mol. The molecule has 0 saturated heterocycles. The van der Waals surface area contributed by atoms with Gasteiger partial charge in [-0.15, -0.1) is 10.2 Å². The molecule has 0 aliphatic carbocycles. The molecule has 0 N–H and O–H groups in total. The molecule has 0 unspecified atom stereocenters. The summed E-state index contributed by atoms with van der Waals surface area (Å²) < 4.78 is 5.28. The monoisotopic (exact) mass is 283 g/mol. The van der Waals surface area contributed by atoms with Gasteiger partial charge in [0.05, 0.1) is 10.3 Å². The number of halogens is 1. The van der Waals surface area contributed by atoms with E-state index in [1.54, 1.807) is 12.1 Å². The highest BCUT2D eigenvalue weighted by Gasteiger charge is 2.10. The molecule has 1 heterocycles. The second-order valence-electron chi connectivity index (χ2n) is 2.94. The molecule has 2 rings (SSSR count). The molecule has 0 amide bonds. The van der Waals surface area contributed by atoms with Crippen LogP contribution in [0, 0.1) is 10.1 Å². The Balaban J connectivity index is 2.30. The lowest BCUT2D eigenvalue weighted by Crippen LogP contribution is -1.87. The van der Waals surface area contributed by atoms with Gasteiger partial charge in [0, 0.05) is 17.7 Å². The Morgan fingerprint density at radius 1 is 1.31 bits per heavy atom. The summed E-state index contributed by atoms with van der Waals surface area (Å²) >= 11 is 3.19. The number of aromatic nitrogens is 2. The van der Waals surface area contributed by atoms with Crippen LogP contribution in [0.3, 0.4) is 0 Å². The molecule has 1 aromatic carbocycles. The summed E-state index contributed by atoms with van der Waals surface area (Å²) in [4.78, 5) is 9.99. The van der Waals surface area contributed by atoms with Crippen LogP contribution in [0.2, 0.25) is 0 Å². The van der Waals surface area contributed by atoms with Crippen LogP contribution in [0.15, 0.2) is 28.7 Å². The van der Waals surface area contributed by atoms with Crippen LogP contribution in [-0.4, -0.2) is 15.1 Å². The number of hydrogen-bond donors (Lipinski definition) is 0. The Labute approximate surface area is 98.6 Å². The normalized spacial score (nSPS) is 10.3. The number of nitro groups is 1. The van der Waals surface area contributed by atoms with Crippen LogP contribution in [0.4, 0.5) is 5.69 Å². The van der Waals surface area contributed by atoms with E-state index in [-0.39, 0.29) is 5.69 Å². The fourth-order valence-corrected chi connectivity index (χ4v) is 1.38. The molecular weight excluding hydrogens is 278 g/mol. The number of nitro benzene ring substituents is 1. The molecule has 0 saturated carbocycles. The summed E-state index contributed by atoms with van der Waals surface area (Å²) in [5.74, 6) is 0.817. The van der Waals surface area contributed by atoms with Gasteiger partial charge in [-0.25, -0.2) is 0 Å². The topological polar surface area (TPSA) is 82.1 Å². The maximum atomic E-state index is 10.4. The van der Waals surface area contributed by atoms with Crippen molar-refractivity contribution in [1.82, 2.24) is 10.2 Å². The first-order valence-corrected chi connectivity index (χ1v) is 5.46. The van der Waals surface area contributed by atoms with Crippen molar-refractivity contribution in [3.63, 3.8) is 0 Å². The number of rotatable bonds is 3. The maximum Gasteiger partial charge on any atom is 0.269 e. The van der Waals surface area contributed by atoms with Crippen LogP contribution in [-0.2, 0) is 5.33 Å². The SMILES string of the molecule is O=[N+]([O-])c1ccc(-c2nnc(CBr)o2)cc1. The van der Waals surface area contributed by atoms with Crippen LogP contribution >= 0.6 is 15.9 Å². The lowest BCUT2D eigenvalue weighted by Gasteiger charge is -1.93. The van der Waals surface area contributed by atoms with Crippen molar-refractivity contribution in [2.75, 3.05) is 0 Å². The summed E-state index contributed by atoms with van der Waals surface area (Å²) in [6.07, 6.45) is 0. The van der Waals surface area contributed by atoms with Crippen molar-refractivity contribution in [3.8, 4) is 11.5 Å². The van der Waals surface area contributed by atoms with E-state index < -0.39 is 4.92 Å². The first kappa shape index (κ1) is 10.7. The summed E-state index contributed by atoms with van der Waals surface area (Å²) in [7, 11) is 0. The van der Waals surface area contributed by atoms with Gasteiger partial charge in [0.25, 0.3) is 5.69 Å². The third-order valence-electron chi connectivity index (χ3n) is 1.91. The molecule has 0 spiro atoms. The highest BCUT2D eigenvalue weighted by molar-refractivity contribution is 9.08. The van der Waals surface area contributed by atoms with E-state index in [4.69, 9.17) is 4.42 Å². The predicted octanol–water partition coefficient (Wildman–Crippen LogP) is 2.54. The zero-order valence-electron chi connectivity index (χ0n) is 7.96. The Morgan fingerprint density at radius 2 is 2.00 bits per heavy atom. The smallest absolute Gasteiger partial charge is 0.269 e. The second-order valence-corrected chi connectivity index (χ2v) is 3.50. The van der Waals surface area contributed by atoms with Gasteiger partial charge < -0.3 is 4.42 Å². The summed E-state index contributed by atoms with van der Waals surface area (Å²) in [6, 6.07) is 5.94. The van der Waals surface area contributed by atoms with Gasteiger partial charge in [-0.3, -0.25) is 10.1 Å². The Kier molecular flexibility index (Phi) is 2.95. The molecule has 7 heteroatoms. The number of alkyl halides is 1. The Bertz CT molecular complexity index is 509. The number of nitrogens with zero attached hydrogens (tertiary/aromatic N) is 3. The molecule has 16 heavy (non-hydrogen) atoms. The Hall–Kier alpha value is -1.76. The third kappa shape index (κ3) is 2.08. The van der Waals surface area contributed by atoms with Crippen molar-refractivity contribution in [2.45, 2.75) is 5.33 Å². The van der Waals surface area contributed by atoms with Gasteiger partial charge in [-0.05, 0) is 12.1 Å². The average Bonchev–Trinajstić information content (AvgIpc) is 2.77. The molecule has 0 atom stereocenters. The molecule has 82 valence electrons. The maximum absolute atomic E-state index is 10.4. The van der Waals surface area contributed by atoms with E-state index in [2.05, 4.69) is 26.1 Å². The molecule has 0 radical (unpaired) electrons. The molecular formula is C9H6BrN3O3. The standard InChI is InChI=1S/C9H6BrN3O3/c10-5-8-11-12-9(16-8)6-1-3-7(4-2-6)13(14)15/h1-4H,5H2. The molecule has 1 aromatic heterocycles. The molecule has 0 fully saturated rings. The Morgan fingerprint density at radius 3 is 2.50 bits per heavy atom. The van der Waals surface area contributed by atoms with Crippen molar-refractivity contribution in [3.05, 3.63) is 40.3 Å². The van der Waals surface area contributed by atoms with Crippen molar-refractivity contribution >= 4 is 21.6 Å². The highest BCUT2D eigenvalue weighted by atomic mass is 79.9. The largest absolute Gasteiger partial charge is 0.420 e.